The number of thiazole rings is 1. The molecule has 6 aromatic rings. The SMILES string of the molecule is N#C/C(=C1\Nc2ccccc2S1)c1ccc2c(c1)Oc1c/c(=C(\C#N)c3nc4ccccc4s3)ccc1=C2c1ccccc1C(=O)ON1C(=O)CCC1=O. The van der Waals surface area contributed by atoms with Crippen molar-refractivity contribution in [3.63, 3.8) is 0 Å². The molecule has 12 heteroatoms. The van der Waals surface area contributed by atoms with E-state index in [2.05, 4.69) is 17.5 Å². The lowest BCUT2D eigenvalue weighted by Crippen LogP contribution is -2.32. The molecular formula is C42H23N5O5S2. The number of carbonyl (C=O) groups excluding carboxylic acids is 3. The van der Waals surface area contributed by atoms with Crippen molar-refractivity contribution in [1.82, 2.24) is 10.0 Å². The number of hydroxylamine groups is 2. The zero-order chi connectivity index (χ0) is 36.9. The van der Waals surface area contributed by atoms with Crippen LogP contribution in [0.15, 0.2) is 119 Å². The van der Waals surface area contributed by atoms with Crippen molar-refractivity contribution in [3.05, 3.63) is 152 Å². The average Bonchev–Trinajstić information content (AvgIpc) is 3.91. The smallest absolute Gasteiger partial charge is 0.364 e. The number of fused-ring (bicyclic) bond motifs is 4. The van der Waals surface area contributed by atoms with E-state index in [1.807, 2.05) is 72.8 Å². The van der Waals surface area contributed by atoms with Crippen molar-refractivity contribution < 1.29 is 24.0 Å². The Morgan fingerprint density at radius 3 is 2.37 bits per heavy atom. The molecule has 3 aliphatic heterocycles. The third-order valence-electron chi connectivity index (χ3n) is 9.20. The van der Waals surface area contributed by atoms with Crippen molar-refractivity contribution in [2.45, 2.75) is 17.7 Å². The van der Waals surface area contributed by atoms with Gasteiger partial charge in [0.05, 0.1) is 37.6 Å². The van der Waals surface area contributed by atoms with Gasteiger partial charge in [-0.2, -0.15) is 10.5 Å². The third-order valence-corrected chi connectivity index (χ3v) is 11.3. The quantitative estimate of drug-likeness (QED) is 0.145. The average molecular weight is 742 g/mol. The van der Waals surface area contributed by atoms with Gasteiger partial charge in [0.15, 0.2) is 0 Å². The van der Waals surface area contributed by atoms with Gasteiger partial charge in [-0.25, -0.2) is 9.78 Å². The highest BCUT2D eigenvalue weighted by atomic mass is 32.2. The molecule has 0 spiro atoms. The number of nitrogens with one attached hydrogen (secondary N) is 1. The summed E-state index contributed by atoms with van der Waals surface area (Å²) in [5, 5.41) is 27.1. The normalized spacial score (nSPS) is 15.7. The highest BCUT2D eigenvalue weighted by Gasteiger charge is 2.34. The Kier molecular flexibility index (Phi) is 8.04. The molecule has 54 heavy (non-hydrogen) atoms. The van der Waals surface area contributed by atoms with Crippen LogP contribution in [0.5, 0.6) is 11.5 Å². The molecule has 258 valence electrons. The van der Waals surface area contributed by atoms with Gasteiger partial charge in [0.2, 0.25) is 0 Å². The summed E-state index contributed by atoms with van der Waals surface area (Å²) < 4.78 is 7.57. The molecule has 1 saturated heterocycles. The summed E-state index contributed by atoms with van der Waals surface area (Å²) in [6, 6.07) is 37.8. The summed E-state index contributed by atoms with van der Waals surface area (Å²) in [7, 11) is 0. The molecule has 0 radical (unpaired) electrons. The van der Waals surface area contributed by atoms with E-state index in [1.54, 1.807) is 36.4 Å². The molecule has 1 aromatic heterocycles. The second-order valence-electron chi connectivity index (χ2n) is 12.4. The first-order chi connectivity index (χ1) is 26.4. The fourth-order valence-corrected chi connectivity index (χ4v) is 8.66. The number of para-hydroxylation sites is 2. The zero-order valence-electron chi connectivity index (χ0n) is 28.0. The Hall–Kier alpha value is -6.99. The predicted molar refractivity (Wildman–Crippen MR) is 203 cm³/mol. The molecule has 5 aromatic carbocycles. The fourth-order valence-electron chi connectivity index (χ4n) is 6.65. The molecule has 2 amide bonds. The van der Waals surface area contributed by atoms with Crippen LogP contribution in [0.2, 0.25) is 0 Å². The number of hydrogen-bond donors (Lipinski definition) is 1. The first kappa shape index (κ1) is 32.9. The maximum atomic E-state index is 13.7. The van der Waals surface area contributed by atoms with Crippen LogP contribution in [0, 0.1) is 22.7 Å². The van der Waals surface area contributed by atoms with E-state index < -0.39 is 17.8 Å². The summed E-state index contributed by atoms with van der Waals surface area (Å²) in [5.74, 6) is -1.23. The molecule has 4 heterocycles. The van der Waals surface area contributed by atoms with E-state index in [0.29, 0.717) is 70.4 Å². The summed E-state index contributed by atoms with van der Waals surface area (Å²) in [6.07, 6.45) is -0.0683. The van der Waals surface area contributed by atoms with Crippen molar-refractivity contribution >= 4 is 73.5 Å². The highest BCUT2D eigenvalue weighted by molar-refractivity contribution is 8.04. The van der Waals surface area contributed by atoms with E-state index in [4.69, 9.17) is 14.6 Å². The Labute approximate surface area is 315 Å². The number of carbonyl (C=O) groups is 3. The maximum absolute atomic E-state index is 13.7. The van der Waals surface area contributed by atoms with E-state index in [1.165, 1.54) is 23.1 Å². The predicted octanol–water partition coefficient (Wildman–Crippen LogP) is 7.00. The lowest BCUT2D eigenvalue weighted by Gasteiger charge is -2.23. The number of ether oxygens (including phenoxy) is 1. The van der Waals surface area contributed by atoms with Gasteiger partial charge in [-0.3, -0.25) is 9.59 Å². The minimum atomic E-state index is -0.874. The van der Waals surface area contributed by atoms with Crippen molar-refractivity contribution in [3.8, 4) is 23.6 Å². The Morgan fingerprint density at radius 2 is 1.57 bits per heavy atom. The number of hydrogen-bond acceptors (Lipinski definition) is 11. The van der Waals surface area contributed by atoms with Gasteiger partial charge in [-0.1, -0.05) is 66.4 Å². The monoisotopic (exact) mass is 741 g/mol. The third kappa shape index (κ3) is 5.58. The van der Waals surface area contributed by atoms with Gasteiger partial charge in [-0.05, 0) is 70.9 Å². The number of anilines is 1. The number of imide groups is 1. The Balaban J connectivity index is 1.23. The lowest BCUT2D eigenvalue weighted by molar-refractivity contribution is -0.172. The van der Waals surface area contributed by atoms with Crippen LogP contribution in [0.1, 0.15) is 44.9 Å². The number of allylic oxidation sites excluding steroid dienone is 1. The number of thioether (sulfide) groups is 1. The van der Waals surface area contributed by atoms with E-state index in [-0.39, 0.29) is 18.4 Å². The molecule has 1 N–H and O–H groups in total. The van der Waals surface area contributed by atoms with Gasteiger partial charge < -0.3 is 14.9 Å². The topological polar surface area (TPSA) is 145 Å². The lowest BCUT2D eigenvalue weighted by atomic mass is 9.88. The highest BCUT2D eigenvalue weighted by Crippen LogP contribution is 2.45. The van der Waals surface area contributed by atoms with Crippen LogP contribution < -0.4 is 20.5 Å². The van der Waals surface area contributed by atoms with Gasteiger partial charge in [-0.15, -0.1) is 16.4 Å². The molecule has 1 fully saturated rings. The number of nitrogens with zero attached hydrogens (tertiary/aromatic N) is 4. The number of amides is 2. The summed E-state index contributed by atoms with van der Waals surface area (Å²) in [4.78, 5) is 49.5. The largest absolute Gasteiger partial charge is 0.456 e. The van der Waals surface area contributed by atoms with E-state index in [9.17, 15) is 24.9 Å². The van der Waals surface area contributed by atoms with E-state index >= 15 is 0 Å². The molecule has 9 rings (SSSR count). The van der Waals surface area contributed by atoms with Gasteiger partial charge in [0.1, 0.15) is 28.6 Å². The number of benzene rings is 5. The minimum Gasteiger partial charge on any atom is -0.456 e. The molecule has 0 unspecified atom stereocenters. The van der Waals surface area contributed by atoms with Gasteiger partial charge in [0, 0.05) is 34.1 Å². The van der Waals surface area contributed by atoms with Crippen LogP contribution in [-0.4, -0.2) is 27.8 Å². The van der Waals surface area contributed by atoms with Gasteiger partial charge >= 0.3 is 5.97 Å². The van der Waals surface area contributed by atoms with Crippen molar-refractivity contribution in [1.29, 1.82) is 10.5 Å². The molecule has 10 nitrogen and oxygen atoms in total. The van der Waals surface area contributed by atoms with Crippen LogP contribution in [-0.2, 0) is 14.4 Å². The van der Waals surface area contributed by atoms with Crippen molar-refractivity contribution in [2.24, 2.45) is 0 Å². The molecular weight excluding hydrogens is 719 g/mol. The van der Waals surface area contributed by atoms with Crippen LogP contribution in [0.4, 0.5) is 5.69 Å². The Morgan fingerprint density at radius 1 is 0.815 bits per heavy atom. The Bertz CT molecular complexity index is 2820. The molecule has 0 atom stereocenters. The standard InChI is InChI=1S/C42H23N5O5S2/c43-21-29(40-45-31-9-3-5-11-35(31)53-40)23-13-15-27-33(19-23)51-34-20-24(30(22-44)41-46-32-10-4-6-12-36(32)54-41)14-16-28(34)39(27)25-7-1-2-8-26(25)42(50)52-47-37(48)17-18-38(47)49/h1-16,19-20,45H,17-18H2/b30-24+,40-29-. The molecule has 0 bridgehead atoms. The number of aromatic nitrogens is 1. The van der Waals surface area contributed by atoms with Crippen LogP contribution >= 0.6 is 23.1 Å². The van der Waals surface area contributed by atoms with Gasteiger partial charge in [0.25, 0.3) is 11.8 Å². The van der Waals surface area contributed by atoms with Crippen LogP contribution in [0.3, 0.4) is 0 Å². The summed E-state index contributed by atoms with van der Waals surface area (Å²) in [5.41, 5.74) is 4.92. The second-order valence-corrected chi connectivity index (χ2v) is 14.5. The summed E-state index contributed by atoms with van der Waals surface area (Å²) >= 11 is 2.89. The first-order valence-corrected chi connectivity index (χ1v) is 18.4. The molecule has 0 aliphatic carbocycles. The second kappa shape index (κ2) is 13.2. The minimum absolute atomic E-state index is 0.0342. The fraction of sp³-hybridized carbons (Fsp3) is 0.0476. The zero-order valence-corrected chi connectivity index (χ0v) is 29.6. The molecule has 3 aliphatic rings. The van der Waals surface area contributed by atoms with Crippen molar-refractivity contribution in [2.75, 3.05) is 5.32 Å². The first-order valence-electron chi connectivity index (χ1n) is 16.7. The molecule has 0 saturated carbocycles. The van der Waals surface area contributed by atoms with Crippen LogP contribution in [0.25, 0.3) is 26.9 Å². The number of nitriles is 2. The number of rotatable bonds is 5. The summed E-state index contributed by atoms with van der Waals surface area (Å²) in [6.45, 7) is 0. The van der Waals surface area contributed by atoms with E-state index in [0.717, 1.165) is 20.8 Å². The maximum Gasteiger partial charge on any atom is 0.364 e.